The van der Waals surface area contributed by atoms with E-state index in [0.29, 0.717) is 5.56 Å². The van der Waals surface area contributed by atoms with E-state index in [1.165, 1.54) is 17.2 Å². The van der Waals surface area contributed by atoms with Crippen molar-refractivity contribution in [2.24, 2.45) is 5.73 Å². The van der Waals surface area contributed by atoms with Crippen LogP contribution in [0.1, 0.15) is 29.2 Å². The number of ether oxygens (including phenoxy) is 1. The summed E-state index contributed by atoms with van der Waals surface area (Å²) < 4.78 is 19.0. The van der Waals surface area contributed by atoms with Crippen LogP contribution in [0.2, 0.25) is 5.02 Å². The molecule has 2 N–H and O–H groups in total. The molecule has 0 fully saturated rings. The van der Waals surface area contributed by atoms with Crippen molar-refractivity contribution in [3.63, 3.8) is 0 Å². The largest absolute Gasteiger partial charge is 0.489 e. The number of benzene rings is 2. The molecule has 1 aliphatic rings. The molecule has 0 saturated carbocycles. The van der Waals surface area contributed by atoms with Gasteiger partial charge in [0.25, 0.3) is 0 Å². The molecule has 0 amide bonds. The first-order chi connectivity index (χ1) is 9.65. The minimum atomic E-state index is -0.423. The second kappa shape index (κ2) is 5.43. The number of hydrogen-bond acceptors (Lipinski definition) is 2. The zero-order valence-corrected chi connectivity index (χ0v) is 11.7. The van der Waals surface area contributed by atoms with E-state index in [9.17, 15) is 4.39 Å². The molecular formula is C16H15ClFNO. The average Bonchev–Trinajstić information content (AvgIpc) is 2.82. The standard InChI is InChI=1S/C16H15ClFNO/c17-16-11(2-1-3-14(16)18)9-20-12-5-6-13-10(8-12)4-7-15(13)19/h1-3,5-6,8,15H,4,7,9,19H2/t15-/m1/s1. The van der Waals surface area contributed by atoms with E-state index in [-0.39, 0.29) is 17.7 Å². The second-order valence-corrected chi connectivity index (χ2v) is 5.39. The summed E-state index contributed by atoms with van der Waals surface area (Å²) >= 11 is 5.90. The molecule has 0 unspecified atom stereocenters. The van der Waals surface area contributed by atoms with Crippen molar-refractivity contribution in [1.82, 2.24) is 0 Å². The fraction of sp³-hybridized carbons (Fsp3) is 0.250. The van der Waals surface area contributed by atoms with Gasteiger partial charge in [-0.2, -0.15) is 0 Å². The Morgan fingerprint density at radius 3 is 3.00 bits per heavy atom. The van der Waals surface area contributed by atoms with E-state index in [0.717, 1.165) is 18.6 Å². The van der Waals surface area contributed by atoms with Crippen LogP contribution in [0.3, 0.4) is 0 Å². The quantitative estimate of drug-likeness (QED) is 0.927. The van der Waals surface area contributed by atoms with Gasteiger partial charge in [0.15, 0.2) is 0 Å². The maximum atomic E-state index is 13.3. The van der Waals surface area contributed by atoms with Crippen LogP contribution >= 0.6 is 11.6 Å². The van der Waals surface area contributed by atoms with Crippen LogP contribution < -0.4 is 10.5 Å². The zero-order chi connectivity index (χ0) is 14.1. The average molecular weight is 292 g/mol. The lowest BCUT2D eigenvalue weighted by atomic mass is 10.1. The van der Waals surface area contributed by atoms with Gasteiger partial charge in [0.2, 0.25) is 0 Å². The highest BCUT2D eigenvalue weighted by Crippen LogP contribution is 2.32. The summed E-state index contributed by atoms with van der Waals surface area (Å²) in [6.45, 7) is 0.251. The second-order valence-electron chi connectivity index (χ2n) is 5.01. The third-order valence-corrected chi connectivity index (χ3v) is 4.09. The van der Waals surface area contributed by atoms with E-state index in [1.54, 1.807) is 12.1 Å². The lowest BCUT2D eigenvalue weighted by Crippen LogP contribution is -2.05. The lowest BCUT2D eigenvalue weighted by Gasteiger charge is -2.10. The first-order valence-electron chi connectivity index (χ1n) is 6.59. The topological polar surface area (TPSA) is 35.2 Å². The Kier molecular flexibility index (Phi) is 3.64. The first-order valence-corrected chi connectivity index (χ1v) is 6.97. The third-order valence-electron chi connectivity index (χ3n) is 3.66. The van der Waals surface area contributed by atoms with E-state index in [2.05, 4.69) is 0 Å². The Morgan fingerprint density at radius 1 is 1.30 bits per heavy atom. The first kappa shape index (κ1) is 13.4. The third kappa shape index (κ3) is 2.51. The lowest BCUT2D eigenvalue weighted by molar-refractivity contribution is 0.305. The molecule has 0 aromatic heterocycles. The van der Waals surface area contributed by atoms with Gasteiger partial charge in [-0.3, -0.25) is 0 Å². The van der Waals surface area contributed by atoms with Crippen LogP contribution in [0, 0.1) is 5.82 Å². The number of rotatable bonds is 3. The molecule has 2 aromatic carbocycles. The predicted molar refractivity (Wildman–Crippen MR) is 77.4 cm³/mol. The fourth-order valence-corrected chi connectivity index (χ4v) is 2.72. The molecule has 0 spiro atoms. The van der Waals surface area contributed by atoms with Gasteiger partial charge in [0, 0.05) is 11.6 Å². The van der Waals surface area contributed by atoms with Crippen molar-refractivity contribution in [3.8, 4) is 5.75 Å². The van der Waals surface area contributed by atoms with Gasteiger partial charge in [-0.1, -0.05) is 29.8 Å². The smallest absolute Gasteiger partial charge is 0.142 e. The minimum absolute atomic E-state index is 0.121. The van der Waals surface area contributed by atoms with Gasteiger partial charge in [-0.25, -0.2) is 4.39 Å². The van der Waals surface area contributed by atoms with Crippen molar-refractivity contribution >= 4 is 11.6 Å². The summed E-state index contributed by atoms with van der Waals surface area (Å²) in [6, 6.07) is 10.8. The molecule has 0 saturated heterocycles. The normalized spacial score (nSPS) is 17.1. The Hall–Kier alpha value is -1.58. The number of halogens is 2. The Morgan fingerprint density at radius 2 is 2.15 bits per heavy atom. The molecule has 4 heteroatoms. The van der Waals surface area contributed by atoms with Crippen LogP contribution in [-0.2, 0) is 13.0 Å². The van der Waals surface area contributed by atoms with E-state index in [4.69, 9.17) is 22.1 Å². The van der Waals surface area contributed by atoms with Crippen LogP contribution in [0.4, 0.5) is 4.39 Å². The minimum Gasteiger partial charge on any atom is -0.489 e. The molecule has 20 heavy (non-hydrogen) atoms. The van der Waals surface area contributed by atoms with E-state index in [1.807, 2.05) is 18.2 Å². The van der Waals surface area contributed by atoms with Gasteiger partial charge >= 0.3 is 0 Å². The van der Waals surface area contributed by atoms with Crippen LogP contribution in [-0.4, -0.2) is 0 Å². The molecule has 104 valence electrons. The summed E-state index contributed by atoms with van der Waals surface area (Å²) in [6.07, 6.45) is 1.96. The summed E-state index contributed by atoms with van der Waals surface area (Å²) in [7, 11) is 0. The Bertz CT molecular complexity index is 644. The van der Waals surface area contributed by atoms with Gasteiger partial charge in [0.05, 0.1) is 5.02 Å². The van der Waals surface area contributed by atoms with Crippen molar-refractivity contribution in [2.75, 3.05) is 0 Å². The van der Waals surface area contributed by atoms with Gasteiger partial charge in [-0.15, -0.1) is 0 Å². The van der Waals surface area contributed by atoms with Crippen molar-refractivity contribution in [2.45, 2.75) is 25.5 Å². The molecule has 2 aromatic rings. The van der Waals surface area contributed by atoms with Gasteiger partial charge < -0.3 is 10.5 Å². The van der Waals surface area contributed by atoms with Crippen LogP contribution in [0.5, 0.6) is 5.75 Å². The van der Waals surface area contributed by atoms with Crippen LogP contribution in [0.25, 0.3) is 0 Å². The Balaban J connectivity index is 1.74. The number of aryl methyl sites for hydroxylation is 1. The van der Waals surface area contributed by atoms with Crippen molar-refractivity contribution in [1.29, 1.82) is 0 Å². The fourth-order valence-electron chi connectivity index (χ4n) is 2.54. The highest BCUT2D eigenvalue weighted by molar-refractivity contribution is 6.31. The zero-order valence-electron chi connectivity index (χ0n) is 10.9. The molecule has 2 nitrogen and oxygen atoms in total. The highest BCUT2D eigenvalue weighted by atomic mass is 35.5. The predicted octanol–water partition coefficient (Wildman–Crippen LogP) is 4.00. The van der Waals surface area contributed by atoms with E-state index < -0.39 is 5.82 Å². The maximum Gasteiger partial charge on any atom is 0.142 e. The van der Waals surface area contributed by atoms with Gasteiger partial charge in [0.1, 0.15) is 18.2 Å². The molecular weight excluding hydrogens is 277 g/mol. The SMILES string of the molecule is N[C@@H]1CCc2cc(OCc3cccc(F)c3Cl)ccc21. The molecule has 0 heterocycles. The molecule has 1 aliphatic carbocycles. The molecule has 3 rings (SSSR count). The number of hydrogen-bond donors (Lipinski definition) is 1. The summed E-state index contributed by atoms with van der Waals surface area (Å²) in [5, 5.41) is 0.121. The summed E-state index contributed by atoms with van der Waals surface area (Å²) in [5.74, 6) is 0.339. The molecule has 0 radical (unpaired) electrons. The summed E-state index contributed by atoms with van der Waals surface area (Å²) in [4.78, 5) is 0. The van der Waals surface area contributed by atoms with Crippen LogP contribution in [0.15, 0.2) is 36.4 Å². The summed E-state index contributed by atoms with van der Waals surface area (Å²) in [5.41, 5.74) is 9.07. The number of fused-ring (bicyclic) bond motifs is 1. The number of nitrogens with two attached hydrogens (primary N) is 1. The highest BCUT2D eigenvalue weighted by Gasteiger charge is 2.19. The molecule has 0 bridgehead atoms. The van der Waals surface area contributed by atoms with Gasteiger partial charge in [-0.05, 0) is 42.2 Å². The molecule has 1 atom stereocenters. The van der Waals surface area contributed by atoms with Crippen molar-refractivity contribution in [3.05, 3.63) is 63.9 Å². The Labute approximate surface area is 122 Å². The monoisotopic (exact) mass is 291 g/mol. The van der Waals surface area contributed by atoms with Crippen molar-refractivity contribution < 1.29 is 9.13 Å². The molecule has 0 aliphatic heterocycles. The van der Waals surface area contributed by atoms with E-state index >= 15 is 0 Å². The maximum absolute atomic E-state index is 13.3.